The first-order valence-electron chi connectivity index (χ1n) is 3.66. The Hall–Kier alpha value is 0.736. The summed E-state index contributed by atoms with van der Waals surface area (Å²) in [6.07, 6.45) is 0. The predicted molar refractivity (Wildman–Crippen MR) is 37.6 cm³/mol. The molecule has 3 nitrogen and oxygen atoms in total. The first kappa shape index (κ1) is 13.7. The molecule has 0 heterocycles. The summed E-state index contributed by atoms with van der Waals surface area (Å²) in [5, 5.41) is 31.4. The van der Waals surface area contributed by atoms with Gasteiger partial charge in [-0.05, 0) is 0 Å². The molecule has 0 N–H and O–H groups in total. The number of hydrogen-bond donors (Lipinski definition) is 0. The van der Waals surface area contributed by atoms with E-state index in [4.69, 9.17) is 0 Å². The van der Waals surface area contributed by atoms with Crippen LogP contribution < -0.4 is 66.7 Å². The third-order valence-corrected chi connectivity index (χ3v) is 1.61. The van der Waals surface area contributed by atoms with Gasteiger partial charge >= 0.3 is 51.4 Å². The van der Waals surface area contributed by atoms with Crippen LogP contribution in [0.4, 0.5) is 0 Å². The molecule has 66 valence electrons. The van der Waals surface area contributed by atoms with Crippen molar-refractivity contribution >= 4 is 0 Å². The van der Waals surface area contributed by atoms with Gasteiger partial charge in [0.25, 0.3) is 0 Å². The van der Waals surface area contributed by atoms with Crippen LogP contribution in [0.2, 0.25) is 0 Å². The molecule has 1 aromatic rings. The molecule has 13 heavy (non-hydrogen) atoms. The van der Waals surface area contributed by atoms with E-state index in [1.54, 1.807) is 18.2 Å². The van der Waals surface area contributed by atoms with Crippen LogP contribution in [0.1, 0.15) is 16.7 Å². The first-order valence-corrected chi connectivity index (χ1v) is 3.66. The van der Waals surface area contributed by atoms with E-state index >= 15 is 0 Å². The summed E-state index contributed by atoms with van der Waals surface area (Å²) in [7, 11) is 0. The monoisotopic (exact) mass is 204 g/mol. The van der Waals surface area contributed by atoms with Gasteiger partial charge in [0.1, 0.15) is 0 Å². The van der Waals surface area contributed by atoms with E-state index in [1.807, 2.05) is 0 Å². The largest absolute Gasteiger partial charge is 1.00 e. The Labute approximate surface area is 120 Å². The van der Waals surface area contributed by atoms with Gasteiger partial charge in [-0.15, -0.1) is 19.8 Å². The normalized spacial score (nSPS) is 9.46. The molecule has 0 saturated carbocycles. The van der Waals surface area contributed by atoms with Crippen molar-refractivity contribution in [2.45, 2.75) is 19.8 Å². The maximum atomic E-state index is 10.5. The van der Waals surface area contributed by atoms with Crippen molar-refractivity contribution in [3.63, 3.8) is 0 Å². The van der Waals surface area contributed by atoms with Crippen LogP contribution in [0, 0.1) is 0 Å². The Morgan fingerprint density at radius 3 is 1.08 bits per heavy atom. The van der Waals surface area contributed by atoms with E-state index in [2.05, 4.69) is 0 Å². The van der Waals surface area contributed by atoms with Gasteiger partial charge in [0.15, 0.2) is 0 Å². The third-order valence-electron chi connectivity index (χ3n) is 1.61. The molecule has 0 bridgehead atoms. The molecule has 0 amide bonds. The Morgan fingerprint density at radius 1 is 0.692 bits per heavy atom. The molecular formula is C9H9KO3-2. The Balaban J connectivity index is 0.00000144. The van der Waals surface area contributed by atoms with Crippen LogP contribution in [-0.4, -0.2) is 0 Å². The van der Waals surface area contributed by atoms with Crippen molar-refractivity contribution in [2.75, 3.05) is 0 Å². The van der Waals surface area contributed by atoms with Gasteiger partial charge in [0.05, 0.1) is 0 Å². The van der Waals surface area contributed by atoms with Crippen LogP contribution in [0.15, 0.2) is 18.2 Å². The zero-order valence-corrected chi connectivity index (χ0v) is 10.7. The Bertz CT molecular complexity index is 208. The summed E-state index contributed by atoms with van der Waals surface area (Å²) in [6, 6.07) is 4.66. The maximum Gasteiger partial charge on any atom is 1.00 e. The fourth-order valence-corrected chi connectivity index (χ4v) is 1.09. The maximum absolute atomic E-state index is 10.5. The van der Waals surface area contributed by atoms with Crippen molar-refractivity contribution in [1.82, 2.24) is 0 Å². The topological polar surface area (TPSA) is 69.2 Å². The molecule has 0 aliphatic heterocycles. The summed E-state index contributed by atoms with van der Waals surface area (Å²) < 4.78 is 0. The Kier molecular flexibility index (Phi) is 7.49. The Morgan fingerprint density at radius 2 is 0.923 bits per heavy atom. The standard InChI is InChI=1S/C9H9O3.K/c10-4-7-1-8(5-11)3-9(2-7)6-12;/h1-3H,4-6H2;/q-3;+1. The second kappa shape index (κ2) is 7.08. The van der Waals surface area contributed by atoms with Crippen molar-refractivity contribution in [3.8, 4) is 0 Å². The molecule has 0 aromatic heterocycles. The number of rotatable bonds is 3. The smallest absolute Gasteiger partial charge is 0.851 e. The van der Waals surface area contributed by atoms with Gasteiger partial charge in [-0.25, -0.2) is 0 Å². The summed E-state index contributed by atoms with van der Waals surface area (Å²) in [6.45, 7) is -1.12. The van der Waals surface area contributed by atoms with Crippen molar-refractivity contribution in [2.24, 2.45) is 0 Å². The SMILES string of the molecule is [K+].[O-]Cc1cc(C[O-])cc(C[O-])c1. The van der Waals surface area contributed by atoms with Crippen molar-refractivity contribution in [3.05, 3.63) is 34.9 Å². The summed E-state index contributed by atoms with van der Waals surface area (Å²) in [5.74, 6) is 0. The van der Waals surface area contributed by atoms with Crippen LogP contribution in [0.25, 0.3) is 0 Å². The van der Waals surface area contributed by atoms with Gasteiger partial charge < -0.3 is 15.3 Å². The second-order valence-electron chi connectivity index (χ2n) is 2.59. The molecule has 0 fully saturated rings. The summed E-state index contributed by atoms with van der Waals surface area (Å²) in [4.78, 5) is 0. The van der Waals surface area contributed by atoms with Gasteiger partial charge in [-0.3, -0.25) is 0 Å². The van der Waals surface area contributed by atoms with Gasteiger partial charge in [0, 0.05) is 0 Å². The minimum atomic E-state index is -0.374. The molecule has 0 atom stereocenters. The fourth-order valence-electron chi connectivity index (χ4n) is 1.09. The van der Waals surface area contributed by atoms with Crippen LogP contribution >= 0.6 is 0 Å². The quantitative estimate of drug-likeness (QED) is 0.464. The van der Waals surface area contributed by atoms with E-state index in [0.29, 0.717) is 16.7 Å². The minimum absolute atomic E-state index is 0. The summed E-state index contributed by atoms with van der Waals surface area (Å²) in [5.41, 5.74) is 1.57. The van der Waals surface area contributed by atoms with Gasteiger partial charge in [0.2, 0.25) is 0 Å². The molecule has 1 rings (SSSR count). The average Bonchev–Trinajstić information content (AvgIpc) is 2.16. The van der Waals surface area contributed by atoms with Crippen LogP contribution in [-0.2, 0) is 19.8 Å². The molecule has 4 heteroatoms. The second-order valence-corrected chi connectivity index (χ2v) is 2.59. The van der Waals surface area contributed by atoms with E-state index in [0.717, 1.165) is 0 Å². The summed E-state index contributed by atoms with van der Waals surface area (Å²) >= 11 is 0. The predicted octanol–water partition coefficient (Wildman–Crippen LogP) is -4.73. The molecule has 1 aromatic carbocycles. The van der Waals surface area contributed by atoms with Crippen molar-refractivity contribution in [1.29, 1.82) is 0 Å². The fraction of sp³-hybridized carbons (Fsp3) is 0.333. The van der Waals surface area contributed by atoms with E-state index in [1.165, 1.54) is 0 Å². The first-order chi connectivity index (χ1) is 5.80. The molecule has 0 aliphatic carbocycles. The number of benzene rings is 1. The van der Waals surface area contributed by atoms with E-state index in [-0.39, 0.29) is 71.2 Å². The van der Waals surface area contributed by atoms with Crippen LogP contribution in [0.5, 0.6) is 0 Å². The third kappa shape index (κ3) is 4.18. The molecular weight excluding hydrogens is 195 g/mol. The molecule has 0 saturated heterocycles. The van der Waals surface area contributed by atoms with Gasteiger partial charge in [-0.1, -0.05) is 34.9 Å². The van der Waals surface area contributed by atoms with Gasteiger partial charge in [-0.2, -0.15) is 0 Å². The van der Waals surface area contributed by atoms with E-state index in [9.17, 15) is 15.3 Å². The van der Waals surface area contributed by atoms with Crippen LogP contribution in [0.3, 0.4) is 0 Å². The zero-order valence-electron chi connectivity index (χ0n) is 7.58. The average molecular weight is 204 g/mol. The zero-order chi connectivity index (χ0) is 8.97. The molecule has 0 aliphatic rings. The van der Waals surface area contributed by atoms with E-state index < -0.39 is 0 Å². The number of hydrogen-bond acceptors (Lipinski definition) is 3. The molecule has 0 unspecified atom stereocenters. The molecule has 0 spiro atoms. The molecule has 0 radical (unpaired) electrons. The van der Waals surface area contributed by atoms with Crippen molar-refractivity contribution < 1.29 is 66.7 Å². The minimum Gasteiger partial charge on any atom is -0.851 e.